The van der Waals surface area contributed by atoms with E-state index in [1.54, 1.807) is 37.2 Å². The van der Waals surface area contributed by atoms with E-state index < -0.39 is 5.60 Å². The fraction of sp³-hybridized carbons (Fsp3) is 0.643. The van der Waals surface area contributed by atoms with Crippen molar-refractivity contribution in [2.24, 2.45) is 0 Å². The first-order valence-electron chi connectivity index (χ1n) is 6.36. The molecule has 1 amide bonds. The molecule has 1 rings (SSSR count). The number of methoxy groups -OCH3 is 1. The lowest BCUT2D eigenvalue weighted by molar-refractivity contribution is -0.148. The molecule has 0 radical (unpaired) electrons. The summed E-state index contributed by atoms with van der Waals surface area (Å²) in [5, 5.41) is 10.4. The Morgan fingerprint density at radius 1 is 1.67 bits per heavy atom. The molecule has 2 atom stereocenters. The van der Waals surface area contributed by atoms with Crippen molar-refractivity contribution in [1.82, 2.24) is 4.90 Å². The molecule has 1 aliphatic rings. The van der Waals surface area contributed by atoms with Gasteiger partial charge in [0.25, 0.3) is 5.91 Å². The number of amides is 1. The van der Waals surface area contributed by atoms with Crippen LogP contribution in [0.4, 0.5) is 0 Å². The number of aliphatic hydroxyl groups is 1. The minimum Gasteiger partial charge on any atom is -0.383 e. The van der Waals surface area contributed by atoms with E-state index >= 15 is 0 Å². The number of hydrogen-bond acceptors (Lipinski definition) is 3. The lowest BCUT2D eigenvalue weighted by Gasteiger charge is -2.32. The molecular formula is C14H23NO3. The predicted octanol–water partition coefficient (Wildman–Crippen LogP) is 1.51. The lowest BCUT2D eigenvalue weighted by Crippen LogP contribution is -2.50. The highest BCUT2D eigenvalue weighted by Crippen LogP contribution is 2.24. The van der Waals surface area contributed by atoms with Crippen LogP contribution in [0.2, 0.25) is 0 Å². The van der Waals surface area contributed by atoms with E-state index in [1.165, 1.54) is 0 Å². The smallest absolute Gasteiger partial charge is 0.259 e. The monoisotopic (exact) mass is 253 g/mol. The van der Waals surface area contributed by atoms with E-state index in [9.17, 15) is 9.90 Å². The second-order valence-corrected chi connectivity index (χ2v) is 4.67. The van der Waals surface area contributed by atoms with Gasteiger partial charge in [0.15, 0.2) is 5.60 Å². The van der Waals surface area contributed by atoms with Crippen molar-refractivity contribution in [3.8, 4) is 0 Å². The Bertz CT molecular complexity index is 327. The number of hydrogen-bond donors (Lipinski definition) is 1. The molecule has 1 heterocycles. The summed E-state index contributed by atoms with van der Waals surface area (Å²) in [6.07, 6.45) is 6.92. The Kier molecular flexibility index (Phi) is 5.56. The average Bonchev–Trinajstić information content (AvgIpc) is 2.77. The normalized spacial score (nSPS) is 23.3. The van der Waals surface area contributed by atoms with Crippen molar-refractivity contribution in [2.45, 2.75) is 37.8 Å². The maximum Gasteiger partial charge on any atom is 0.259 e. The summed E-state index contributed by atoms with van der Waals surface area (Å²) in [5.74, 6) is -0.250. The number of rotatable bonds is 6. The van der Waals surface area contributed by atoms with Crippen LogP contribution in [0.1, 0.15) is 26.2 Å². The van der Waals surface area contributed by atoms with Gasteiger partial charge >= 0.3 is 0 Å². The highest BCUT2D eigenvalue weighted by atomic mass is 16.5. The molecule has 1 unspecified atom stereocenters. The number of likely N-dealkylation sites (tertiary alicyclic amines) is 1. The second kappa shape index (κ2) is 6.71. The lowest BCUT2D eigenvalue weighted by atomic mass is 9.96. The summed E-state index contributed by atoms with van der Waals surface area (Å²) in [6, 6.07) is 0.0732. The van der Waals surface area contributed by atoms with E-state index in [1.807, 2.05) is 0 Å². The van der Waals surface area contributed by atoms with Gasteiger partial charge < -0.3 is 14.7 Å². The molecule has 0 aromatic heterocycles. The Hall–Kier alpha value is -1.13. The van der Waals surface area contributed by atoms with Crippen molar-refractivity contribution in [3.05, 3.63) is 24.8 Å². The molecule has 1 N–H and O–H groups in total. The zero-order chi connectivity index (χ0) is 13.6. The van der Waals surface area contributed by atoms with Crippen LogP contribution in [0, 0.1) is 0 Å². The number of ether oxygens (including phenoxy) is 1. The van der Waals surface area contributed by atoms with Crippen molar-refractivity contribution >= 4 is 5.91 Å². The van der Waals surface area contributed by atoms with Gasteiger partial charge in [0.05, 0.1) is 12.6 Å². The summed E-state index contributed by atoms with van der Waals surface area (Å²) in [7, 11) is 1.63. The van der Waals surface area contributed by atoms with E-state index in [4.69, 9.17) is 4.74 Å². The third-order valence-electron chi connectivity index (χ3n) is 3.27. The van der Waals surface area contributed by atoms with Gasteiger partial charge in [-0.1, -0.05) is 12.2 Å². The molecule has 18 heavy (non-hydrogen) atoms. The molecule has 1 saturated heterocycles. The van der Waals surface area contributed by atoms with Crippen LogP contribution in [-0.2, 0) is 9.53 Å². The quantitative estimate of drug-likeness (QED) is 0.730. The molecule has 1 aliphatic heterocycles. The van der Waals surface area contributed by atoms with Gasteiger partial charge in [0.1, 0.15) is 0 Å². The Balaban J connectivity index is 2.85. The van der Waals surface area contributed by atoms with Crippen molar-refractivity contribution in [2.75, 3.05) is 20.3 Å². The Morgan fingerprint density at radius 2 is 2.39 bits per heavy atom. The van der Waals surface area contributed by atoms with Crippen LogP contribution in [0.15, 0.2) is 24.8 Å². The number of carbonyl (C=O) groups excluding carboxylic acids is 1. The third kappa shape index (κ3) is 3.21. The fourth-order valence-electron chi connectivity index (χ4n) is 2.44. The van der Waals surface area contributed by atoms with E-state index in [2.05, 4.69) is 6.58 Å². The van der Waals surface area contributed by atoms with Crippen molar-refractivity contribution in [3.63, 3.8) is 0 Å². The summed E-state index contributed by atoms with van der Waals surface area (Å²) in [4.78, 5) is 14.2. The first kappa shape index (κ1) is 14.9. The second-order valence-electron chi connectivity index (χ2n) is 4.67. The number of carbonyl (C=O) groups is 1. The highest BCUT2D eigenvalue weighted by Gasteiger charge is 2.40. The third-order valence-corrected chi connectivity index (χ3v) is 3.27. The summed E-state index contributed by atoms with van der Waals surface area (Å²) in [5.41, 5.74) is -1.47. The average molecular weight is 253 g/mol. The molecule has 0 bridgehead atoms. The molecule has 1 fully saturated rings. The molecule has 0 spiro atoms. The van der Waals surface area contributed by atoms with Gasteiger partial charge in [-0.2, -0.15) is 0 Å². The van der Waals surface area contributed by atoms with Crippen molar-refractivity contribution in [1.29, 1.82) is 0 Å². The number of allylic oxidation sites excluding steroid dienone is 1. The van der Waals surface area contributed by atoms with Gasteiger partial charge in [-0.05, 0) is 25.8 Å². The maximum atomic E-state index is 12.5. The number of nitrogens with zero attached hydrogens (tertiary/aromatic N) is 1. The first-order valence-corrected chi connectivity index (χ1v) is 6.36. The first-order chi connectivity index (χ1) is 8.59. The van der Waals surface area contributed by atoms with Gasteiger partial charge in [0, 0.05) is 20.1 Å². The minimum absolute atomic E-state index is 0.0732. The zero-order valence-corrected chi connectivity index (χ0v) is 11.3. The summed E-state index contributed by atoms with van der Waals surface area (Å²) in [6.45, 7) is 6.60. The molecule has 0 aromatic rings. The summed E-state index contributed by atoms with van der Waals surface area (Å²) < 4.78 is 5.13. The van der Waals surface area contributed by atoms with Crippen molar-refractivity contribution < 1.29 is 14.6 Å². The van der Waals surface area contributed by atoms with Crippen LogP contribution in [0.3, 0.4) is 0 Å². The molecule has 0 aliphatic carbocycles. The largest absolute Gasteiger partial charge is 0.383 e. The van der Waals surface area contributed by atoms with Gasteiger partial charge in [-0.3, -0.25) is 4.79 Å². The van der Waals surface area contributed by atoms with E-state index in [-0.39, 0.29) is 18.4 Å². The van der Waals surface area contributed by atoms with Crippen LogP contribution >= 0.6 is 0 Å². The summed E-state index contributed by atoms with van der Waals surface area (Å²) >= 11 is 0. The van der Waals surface area contributed by atoms with Gasteiger partial charge in [-0.15, -0.1) is 6.58 Å². The molecule has 102 valence electrons. The van der Waals surface area contributed by atoms with E-state index in [0.717, 1.165) is 12.8 Å². The predicted molar refractivity (Wildman–Crippen MR) is 71.2 cm³/mol. The fourth-order valence-corrected chi connectivity index (χ4v) is 2.44. The minimum atomic E-state index is -1.47. The molecule has 0 aromatic carbocycles. The van der Waals surface area contributed by atoms with Gasteiger partial charge in [0.2, 0.25) is 0 Å². The van der Waals surface area contributed by atoms with Crippen LogP contribution in [-0.4, -0.2) is 47.8 Å². The van der Waals surface area contributed by atoms with Gasteiger partial charge in [-0.25, -0.2) is 0 Å². The van der Waals surface area contributed by atoms with Crippen LogP contribution in [0.5, 0.6) is 0 Å². The van der Waals surface area contributed by atoms with E-state index in [0.29, 0.717) is 13.2 Å². The topological polar surface area (TPSA) is 49.8 Å². The molecule has 4 nitrogen and oxygen atoms in total. The standard InChI is InChI=1S/C14H23NO3/c1-4-8-14(17,9-5-2)13(16)15-10-6-7-12(15)11-18-3/h4-5,9,12,17H,1,6-8,10-11H2,2-3H3/b9-5+/t12-,14?/m1/s1. The highest BCUT2D eigenvalue weighted by molar-refractivity contribution is 5.87. The maximum absolute atomic E-state index is 12.5. The molecule has 4 heteroatoms. The van der Waals surface area contributed by atoms with Crippen LogP contribution < -0.4 is 0 Å². The molecule has 0 saturated carbocycles. The zero-order valence-electron chi connectivity index (χ0n) is 11.3. The van der Waals surface area contributed by atoms with Crippen LogP contribution in [0.25, 0.3) is 0 Å². The Morgan fingerprint density at radius 3 is 2.94 bits per heavy atom. The Labute approximate surface area is 109 Å². The SMILES string of the molecule is C=CCC(O)(/C=C/C)C(=O)N1CCC[C@@H]1COC. The molecular weight excluding hydrogens is 230 g/mol.